The summed E-state index contributed by atoms with van der Waals surface area (Å²) in [7, 11) is 2.01. The molecule has 0 bridgehead atoms. The molecule has 0 amide bonds. The number of aryl methyl sites for hydroxylation is 2. The van der Waals surface area contributed by atoms with E-state index in [1.807, 2.05) is 19.2 Å². The van der Waals surface area contributed by atoms with Crippen molar-refractivity contribution in [3.05, 3.63) is 59.4 Å². The molecule has 3 aromatic rings. The second-order valence-corrected chi connectivity index (χ2v) is 5.68. The van der Waals surface area contributed by atoms with Gasteiger partial charge in [-0.3, -0.25) is 0 Å². The summed E-state index contributed by atoms with van der Waals surface area (Å²) in [6, 6.07) is 13.4. The summed E-state index contributed by atoms with van der Waals surface area (Å²) in [6.45, 7) is 2.14. The number of hydrogen-bond acceptors (Lipinski definition) is 3. The number of rotatable bonds is 4. The second kappa shape index (κ2) is 5.81. The minimum atomic E-state index is -0.174. The van der Waals surface area contributed by atoms with Gasteiger partial charge in [-0.15, -0.1) is 0 Å². The highest BCUT2D eigenvalue weighted by molar-refractivity contribution is 5.77. The minimum Gasteiger partial charge on any atom is -0.508 e. The summed E-state index contributed by atoms with van der Waals surface area (Å²) >= 11 is 0. The maximum absolute atomic E-state index is 9.35. The number of phenols is 1. The first-order valence-electron chi connectivity index (χ1n) is 7.57. The van der Waals surface area contributed by atoms with Crippen molar-refractivity contribution in [2.75, 3.05) is 0 Å². The quantitative estimate of drug-likeness (QED) is 0.777. The van der Waals surface area contributed by atoms with E-state index in [1.54, 1.807) is 12.1 Å². The largest absolute Gasteiger partial charge is 0.508 e. The van der Waals surface area contributed by atoms with Crippen LogP contribution in [0.5, 0.6) is 5.75 Å². The number of aromatic nitrogens is 2. The molecule has 3 N–H and O–H groups in total. The highest BCUT2D eigenvalue weighted by Crippen LogP contribution is 2.22. The van der Waals surface area contributed by atoms with E-state index in [0.29, 0.717) is 6.42 Å². The van der Waals surface area contributed by atoms with E-state index in [9.17, 15) is 5.11 Å². The molecule has 1 atom stereocenters. The van der Waals surface area contributed by atoms with Crippen molar-refractivity contribution in [3.8, 4) is 5.75 Å². The Morgan fingerprint density at radius 3 is 2.50 bits per heavy atom. The predicted molar refractivity (Wildman–Crippen MR) is 88.8 cm³/mol. The Hall–Kier alpha value is -2.33. The molecule has 0 spiro atoms. The molecular formula is C18H21N3O. The van der Waals surface area contributed by atoms with E-state index < -0.39 is 0 Å². The van der Waals surface area contributed by atoms with Crippen LogP contribution in [0, 0.1) is 0 Å². The molecule has 4 nitrogen and oxygen atoms in total. The predicted octanol–water partition coefficient (Wildman–Crippen LogP) is 3.08. The van der Waals surface area contributed by atoms with Gasteiger partial charge in [0.25, 0.3) is 0 Å². The van der Waals surface area contributed by atoms with Gasteiger partial charge in [0, 0.05) is 7.05 Å². The van der Waals surface area contributed by atoms with Gasteiger partial charge in [-0.05, 0) is 48.2 Å². The van der Waals surface area contributed by atoms with E-state index in [4.69, 9.17) is 10.7 Å². The molecule has 0 saturated heterocycles. The lowest BCUT2D eigenvalue weighted by Gasteiger charge is -2.12. The maximum atomic E-state index is 9.35. The SMILES string of the molecule is CCc1ccc2c(c1)nc(C(N)Cc1ccc(O)cc1)n2C. The molecule has 1 unspecified atom stereocenters. The zero-order valence-corrected chi connectivity index (χ0v) is 13.0. The van der Waals surface area contributed by atoms with Crippen molar-refractivity contribution in [2.24, 2.45) is 12.8 Å². The summed E-state index contributed by atoms with van der Waals surface area (Å²) < 4.78 is 2.07. The average molecular weight is 295 g/mol. The zero-order valence-electron chi connectivity index (χ0n) is 13.0. The Balaban J connectivity index is 1.91. The van der Waals surface area contributed by atoms with Crippen LogP contribution >= 0.6 is 0 Å². The Bertz CT molecular complexity index is 790. The Kier molecular flexibility index (Phi) is 3.86. The smallest absolute Gasteiger partial charge is 0.126 e. The van der Waals surface area contributed by atoms with Crippen LogP contribution in [0.1, 0.15) is 29.9 Å². The molecule has 114 valence electrons. The minimum absolute atomic E-state index is 0.174. The molecule has 3 rings (SSSR count). The van der Waals surface area contributed by atoms with E-state index >= 15 is 0 Å². The van der Waals surface area contributed by atoms with Crippen molar-refractivity contribution >= 4 is 11.0 Å². The third-order valence-electron chi connectivity index (χ3n) is 4.11. The summed E-state index contributed by atoms with van der Waals surface area (Å²) in [5.74, 6) is 1.16. The topological polar surface area (TPSA) is 64.1 Å². The highest BCUT2D eigenvalue weighted by Gasteiger charge is 2.15. The Morgan fingerprint density at radius 2 is 1.82 bits per heavy atom. The molecule has 22 heavy (non-hydrogen) atoms. The third-order valence-corrected chi connectivity index (χ3v) is 4.11. The van der Waals surface area contributed by atoms with Crippen LogP contribution in [0.2, 0.25) is 0 Å². The standard InChI is InChI=1S/C18H21N3O/c1-3-12-6-9-17-16(11-12)20-18(21(17)2)15(19)10-13-4-7-14(22)8-5-13/h4-9,11,15,22H,3,10,19H2,1-2H3. The highest BCUT2D eigenvalue weighted by atomic mass is 16.3. The first-order chi connectivity index (χ1) is 10.6. The number of nitrogens with two attached hydrogens (primary N) is 1. The third kappa shape index (κ3) is 2.70. The number of phenolic OH excluding ortho intramolecular Hbond substituents is 1. The molecular weight excluding hydrogens is 274 g/mol. The molecule has 0 aliphatic carbocycles. The monoisotopic (exact) mass is 295 g/mol. The van der Waals surface area contributed by atoms with E-state index in [-0.39, 0.29) is 11.8 Å². The van der Waals surface area contributed by atoms with Crippen LogP contribution in [-0.4, -0.2) is 14.7 Å². The lowest BCUT2D eigenvalue weighted by molar-refractivity contribution is 0.475. The van der Waals surface area contributed by atoms with Gasteiger partial charge in [-0.25, -0.2) is 4.98 Å². The van der Waals surface area contributed by atoms with Crippen molar-refractivity contribution in [2.45, 2.75) is 25.8 Å². The van der Waals surface area contributed by atoms with Gasteiger partial charge in [0.15, 0.2) is 0 Å². The van der Waals surface area contributed by atoms with Crippen molar-refractivity contribution in [1.82, 2.24) is 9.55 Å². The molecule has 4 heteroatoms. The van der Waals surface area contributed by atoms with Crippen LogP contribution in [0.15, 0.2) is 42.5 Å². The summed E-state index contributed by atoms with van der Waals surface area (Å²) in [4.78, 5) is 4.72. The number of benzene rings is 2. The lowest BCUT2D eigenvalue weighted by atomic mass is 10.1. The molecule has 0 aliphatic heterocycles. The molecule has 0 saturated carbocycles. The fourth-order valence-corrected chi connectivity index (χ4v) is 2.79. The van der Waals surface area contributed by atoms with Crippen molar-refractivity contribution in [3.63, 3.8) is 0 Å². The maximum Gasteiger partial charge on any atom is 0.126 e. The van der Waals surface area contributed by atoms with Gasteiger partial charge in [0.2, 0.25) is 0 Å². The molecule has 0 radical (unpaired) electrons. The summed E-state index contributed by atoms with van der Waals surface area (Å²) in [6.07, 6.45) is 1.69. The van der Waals surface area contributed by atoms with Gasteiger partial charge in [-0.2, -0.15) is 0 Å². The van der Waals surface area contributed by atoms with E-state index in [2.05, 4.69) is 29.7 Å². The first-order valence-corrected chi connectivity index (χ1v) is 7.57. The molecule has 0 aliphatic rings. The van der Waals surface area contributed by atoms with Gasteiger partial charge in [-0.1, -0.05) is 25.1 Å². The first kappa shape index (κ1) is 14.6. The second-order valence-electron chi connectivity index (χ2n) is 5.68. The van der Waals surface area contributed by atoms with Gasteiger partial charge < -0.3 is 15.4 Å². The number of hydrogen-bond donors (Lipinski definition) is 2. The fraction of sp³-hybridized carbons (Fsp3) is 0.278. The number of imidazole rings is 1. The molecule has 2 aromatic carbocycles. The van der Waals surface area contributed by atoms with E-state index in [0.717, 1.165) is 28.8 Å². The van der Waals surface area contributed by atoms with Crippen LogP contribution in [0.25, 0.3) is 11.0 Å². The van der Waals surface area contributed by atoms with Gasteiger partial charge in [0.05, 0.1) is 17.1 Å². The van der Waals surface area contributed by atoms with Gasteiger partial charge >= 0.3 is 0 Å². The average Bonchev–Trinajstić information content (AvgIpc) is 2.86. The van der Waals surface area contributed by atoms with Crippen LogP contribution in [-0.2, 0) is 19.9 Å². The lowest BCUT2D eigenvalue weighted by Crippen LogP contribution is -2.17. The van der Waals surface area contributed by atoms with Crippen LogP contribution in [0.3, 0.4) is 0 Å². The van der Waals surface area contributed by atoms with Crippen LogP contribution < -0.4 is 5.73 Å². The summed E-state index contributed by atoms with van der Waals surface area (Å²) in [5.41, 5.74) is 10.8. The molecule has 1 heterocycles. The van der Waals surface area contributed by atoms with Crippen molar-refractivity contribution in [1.29, 1.82) is 0 Å². The Morgan fingerprint density at radius 1 is 1.14 bits per heavy atom. The zero-order chi connectivity index (χ0) is 15.7. The number of fused-ring (bicyclic) bond motifs is 1. The van der Waals surface area contributed by atoms with Crippen molar-refractivity contribution < 1.29 is 5.11 Å². The fourth-order valence-electron chi connectivity index (χ4n) is 2.79. The number of nitrogens with zero attached hydrogens (tertiary/aromatic N) is 2. The number of aromatic hydroxyl groups is 1. The Labute approximate surface area is 130 Å². The molecule has 0 fully saturated rings. The summed E-state index contributed by atoms with van der Waals surface area (Å²) in [5, 5.41) is 9.35. The normalized spacial score (nSPS) is 12.7. The van der Waals surface area contributed by atoms with Gasteiger partial charge in [0.1, 0.15) is 11.6 Å². The van der Waals surface area contributed by atoms with Crippen LogP contribution in [0.4, 0.5) is 0 Å². The molecule has 1 aromatic heterocycles. The van der Waals surface area contributed by atoms with E-state index in [1.165, 1.54) is 5.56 Å².